The molecule has 0 spiro atoms. The van der Waals surface area contributed by atoms with Gasteiger partial charge in [-0.3, -0.25) is 96.4 Å². The van der Waals surface area contributed by atoms with E-state index in [9.17, 15) is 87.2 Å². The number of nitrogens with one attached hydrogen (secondary N) is 12. The van der Waals surface area contributed by atoms with Crippen LogP contribution in [0.25, 0.3) is 10.9 Å². The number of nitrogens with zero attached hydrogens (tertiary/aromatic N) is 6. The summed E-state index contributed by atoms with van der Waals surface area (Å²) in [6.07, 6.45) is 5.50. The lowest BCUT2D eigenvalue weighted by atomic mass is 9.91. The smallest absolute Gasteiger partial charge is 0.317 e. The summed E-state index contributed by atoms with van der Waals surface area (Å²) >= 11 is 0. The highest BCUT2D eigenvalue weighted by atomic mass is 16.5. The van der Waals surface area contributed by atoms with E-state index in [-0.39, 0.29) is 110 Å². The summed E-state index contributed by atoms with van der Waals surface area (Å²) in [7, 11) is 0. The van der Waals surface area contributed by atoms with Crippen LogP contribution in [0.15, 0.2) is 97.6 Å². The number of fused-ring (bicyclic) bond motifs is 1. The van der Waals surface area contributed by atoms with E-state index < -0.39 is 176 Å². The number of aromatic amines is 2. The van der Waals surface area contributed by atoms with E-state index >= 15 is 0 Å². The third-order valence-corrected chi connectivity index (χ3v) is 20.3. The van der Waals surface area contributed by atoms with Crippen LogP contribution >= 0.6 is 0 Å². The number of anilines is 1. The second-order valence-electron chi connectivity index (χ2n) is 30.7. The molecule has 39 heteroatoms. The summed E-state index contributed by atoms with van der Waals surface area (Å²) in [5.74, 6) is -13.5. The van der Waals surface area contributed by atoms with Gasteiger partial charge in [-0.2, -0.15) is 0 Å². The molecule has 2 aromatic heterocycles. The summed E-state index contributed by atoms with van der Waals surface area (Å²) in [4.78, 5) is 219. The number of nitrogens with two attached hydrogens (primary N) is 2. The van der Waals surface area contributed by atoms with Crippen molar-refractivity contribution in [2.24, 2.45) is 23.3 Å². The van der Waals surface area contributed by atoms with Gasteiger partial charge < -0.3 is 94.7 Å². The number of hydrogen-bond donors (Lipinski definition) is 17. The van der Waals surface area contributed by atoms with Gasteiger partial charge in [0.15, 0.2) is 0 Å². The zero-order valence-corrected chi connectivity index (χ0v) is 68.0. The molecule has 7 rings (SSSR count). The molecule has 0 unspecified atom stereocenters. The summed E-state index contributed by atoms with van der Waals surface area (Å²) in [6.45, 7) is 10.0. The zero-order chi connectivity index (χ0) is 86.8. The van der Waals surface area contributed by atoms with Crippen molar-refractivity contribution in [3.05, 3.63) is 120 Å². The fraction of sp³-hybridized carbons (Fsp3) is 0.525. The topological polar surface area (TPSA) is 559 Å². The Balaban J connectivity index is 0.951. The number of para-hydroxylation sites is 1. The van der Waals surface area contributed by atoms with Crippen molar-refractivity contribution in [3.63, 3.8) is 0 Å². The Hall–Kier alpha value is -11.8. The first-order valence-electron chi connectivity index (χ1n) is 39.7. The van der Waals surface area contributed by atoms with Crippen LogP contribution in [-0.4, -0.2) is 303 Å². The molecule has 2 fully saturated rings. The standard InChI is InChI=1S/C80H114N20O19/c1-48(2)33-56(40-100-24-12-17-63(100)74(82)112)90-77(115)62(35-55-37-83-47-87-55)91-65(102)39-86-79(117)72(49(3)4)94-75(113)51(6)88-80(118)73(50(5)58-38-84-59-16-11-10-15-57(58)59)95-76(114)60(22-23-64(81)101)93-78(116)61(34-52-13-8-7-9-14-52)92-68(105)46-119-45-67(104)89-54-20-18-53(19-21-54)36-85-66(103)41-96-25-27-97(42-69(106)107)29-31-99(44-71(110)111)32-30-98(28-26-96)43-70(108)109/h7-11,13-16,18-21,37-38,47-51,56,60-63,72-73,84H,12,17,22-36,39-46H2,1-6H3,(H2,81,101)(H2,82,112)(H,83,87)(H,85,103)(H,86,117)(H,88,118)(H,89,104)(H,90,115)(H,91,102)(H,92,105)(H,93,116)(H,94,113)(H,95,114)(H,106,107)(H,108,109)(H,110,111)/t50-,51-,56-,60-,61+,62-,63-,72-,73-/m0/s1. The zero-order valence-electron chi connectivity index (χ0n) is 68.0. The molecule has 0 bridgehead atoms. The number of amides is 12. The number of likely N-dealkylation sites (tertiary alicyclic amines) is 1. The van der Waals surface area contributed by atoms with Crippen LogP contribution in [0.5, 0.6) is 0 Å². The Morgan fingerprint density at radius 1 is 0.538 bits per heavy atom. The van der Waals surface area contributed by atoms with Gasteiger partial charge in [-0.1, -0.05) is 95.3 Å². The van der Waals surface area contributed by atoms with Crippen molar-refractivity contribution in [2.45, 2.75) is 147 Å². The first-order valence-corrected chi connectivity index (χ1v) is 39.7. The van der Waals surface area contributed by atoms with Crippen molar-refractivity contribution in [1.82, 2.24) is 87.3 Å². The molecule has 2 saturated heterocycles. The van der Waals surface area contributed by atoms with Crippen LogP contribution in [0.3, 0.4) is 0 Å². The predicted octanol–water partition coefficient (Wildman–Crippen LogP) is -2.33. The molecule has 119 heavy (non-hydrogen) atoms. The van der Waals surface area contributed by atoms with E-state index in [1.165, 1.54) is 19.4 Å². The maximum absolute atomic E-state index is 14.8. The molecule has 3 aromatic carbocycles. The lowest BCUT2D eigenvalue weighted by Crippen LogP contribution is -2.60. The summed E-state index contributed by atoms with van der Waals surface area (Å²) in [6, 6.07) is 12.8. The van der Waals surface area contributed by atoms with Crippen LogP contribution in [0, 0.1) is 11.8 Å². The fourth-order valence-electron chi connectivity index (χ4n) is 14.1. The summed E-state index contributed by atoms with van der Waals surface area (Å²) < 4.78 is 5.49. The SMILES string of the molecule is CC(C)C[C@@H](CN1CCC[C@H]1C(N)=O)NC(=O)[C@H](Cc1cnc[nH]1)NC(=O)CNC(=O)[C@@H](NC(=O)[C@H](C)NC(=O)[C@@H](NC(=O)[C@H](CCC(N)=O)NC(=O)[C@@H](Cc1ccccc1)NC(=O)COCC(=O)Nc1ccc(CNC(=O)CN2CCN(CC(=O)O)CCN(CC(=O)O)CCN(CC(=O)O)CC2)cc1)[C@@H](C)c1c[nH]c2ccccc12)C(C)C. The normalized spacial score (nSPS) is 16.8. The van der Waals surface area contributed by atoms with Crippen molar-refractivity contribution in [3.8, 4) is 0 Å². The molecule has 2 aliphatic rings. The minimum atomic E-state index is -1.60. The van der Waals surface area contributed by atoms with E-state index in [1.54, 1.807) is 125 Å². The average molecular weight is 1660 g/mol. The summed E-state index contributed by atoms with van der Waals surface area (Å²) in [5, 5.41) is 56.4. The number of carboxylic acid groups (broad SMARTS) is 3. The van der Waals surface area contributed by atoms with Crippen LogP contribution in [0.4, 0.5) is 5.69 Å². The second-order valence-corrected chi connectivity index (χ2v) is 30.7. The van der Waals surface area contributed by atoms with Crippen LogP contribution in [0.1, 0.15) is 102 Å². The maximum Gasteiger partial charge on any atom is 0.317 e. The lowest BCUT2D eigenvalue weighted by molar-refractivity contribution is -0.140. The molecule has 2 aliphatic heterocycles. The molecule has 5 aromatic rings. The van der Waals surface area contributed by atoms with Crippen molar-refractivity contribution >= 4 is 105 Å². The van der Waals surface area contributed by atoms with Crippen molar-refractivity contribution in [2.75, 3.05) is 117 Å². The third-order valence-electron chi connectivity index (χ3n) is 20.3. The molecular weight excluding hydrogens is 1550 g/mol. The molecule has 19 N–H and O–H groups in total. The van der Waals surface area contributed by atoms with Gasteiger partial charge in [0.1, 0.15) is 49.5 Å². The van der Waals surface area contributed by atoms with Gasteiger partial charge >= 0.3 is 17.9 Å². The number of carbonyl (C=O) groups is 15. The number of carbonyl (C=O) groups excluding carboxylic acids is 12. The number of imidazole rings is 1. The average Bonchev–Trinajstić information content (AvgIpc) is 1.70. The van der Waals surface area contributed by atoms with Crippen LogP contribution < -0.4 is 64.6 Å². The number of H-pyrrole nitrogens is 2. The van der Waals surface area contributed by atoms with Gasteiger partial charge in [0.25, 0.3) is 0 Å². The third kappa shape index (κ3) is 32.6. The maximum atomic E-state index is 14.8. The van der Waals surface area contributed by atoms with E-state index in [2.05, 4.69) is 68.1 Å². The van der Waals surface area contributed by atoms with Gasteiger partial charge in [-0.15, -0.1) is 0 Å². The fourth-order valence-corrected chi connectivity index (χ4v) is 14.1. The van der Waals surface area contributed by atoms with Crippen molar-refractivity contribution in [1.29, 1.82) is 0 Å². The molecule has 12 amide bonds. The molecule has 4 heterocycles. The molecule has 9 atom stereocenters. The van der Waals surface area contributed by atoms with Gasteiger partial charge in [0.2, 0.25) is 70.9 Å². The first kappa shape index (κ1) is 94.4. The van der Waals surface area contributed by atoms with E-state index in [4.69, 9.17) is 16.2 Å². The first-order chi connectivity index (χ1) is 56.7. The predicted molar refractivity (Wildman–Crippen MR) is 434 cm³/mol. The quantitative estimate of drug-likeness (QED) is 0.0194. The monoisotopic (exact) mass is 1660 g/mol. The van der Waals surface area contributed by atoms with Gasteiger partial charge in [0.05, 0.1) is 45.1 Å². The number of carboxylic acids is 3. The number of rotatable bonds is 45. The number of aliphatic carboxylic acids is 3. The molecule has 0 radical (unpaired) electrons. The highest BCUT2D eigenvalue weighted by Crippen LogP contribution is 2.29. The van der Waals surface area contributed by atoms with Gasteiger partial charge in [0, 0.05) is 131 Å². The van der Waals surface area contributed by atoms with E-state index in [1.807, 2.05) is 18.7 Å². The molecule has 39 nitrogen and oxygen atoms in total. The molecular formula is C80H114N20O19. The highest BCUT2D eigenvalue weighted by Gasteiger charge is 2.38. The van der Waals surface area contributed by atoms with Crippen LogP contribution in [0.2, 0.25) is 0 Å². The van der Waals surface area contributed by atoms with E-state index in [0.717, 1.165) is 6.42 Å². The molecule has 0 aliphatic carbocycles. The van der Waals surface area contributed by atoms with Crippen molar-refractivity contribution < 1.29 is 92.0 Å². The van der Waals surface area contributed by atoms with Gasteiger partial charge in [-0.05, 0) is 85.9 Å². The molecule has 648 valence electrons. The Morgan fingerprint density at radius 3 is 1.68 bits per heavy atom. The number of benzene rings is 3. The number of primary amides is 2. The largest absolute Gasteiger partial charge is 0.480 e. The minimum absolute atomic E-state index is 0.00120. The van der Waals surface area contributed by atoms with E-state index in [0.29, 0.717) is 64.9 Å². The lowest BCUT2D eigenvalue weighted by Gasteiger charge is -2.32. The van der Waals surface area contributed by atoms with Gasteiger partial charge in [-0.25, -0.2) is 4.98 Å². The Bertz CT molecular complexity index is 4230. The number of hydrogen-bond acceptors (Lipinski definition) is 22. The highest BCUT2D eigenvalue weighted by molar-refractivity contribution is 5.99. The summed E-state index contributed by atoms with van der Waals surface area (Å²) in [5.41, 5.74) is 14.6. The Morgan fingerprint density at radius 2 is 1.10 bits per heavy atom. The Kier molecular flexibility index (Phi) is 37.7. The molecule has 0 saturated carbocycles. The minimum Gasteiger partial charge on any atom is -0.480 e. The Labute approximate surface area is 689 Å². The van der Waals surface area contributed by atoms with Crippen LogP contribution in [-0.2, 0) is 96.0 Å². The number of ether oxygens (including phenoxy) is 1. The second kappa shape index (κ2) is 47.6. The number of aromatic nitrogens is 3.